The summed E-state index contributed by atoms with van der Waals surface area (Å²) in [5.74, 6) is -0.243. The van der Waals surface area contributed by atoms with Crippen LogP contribution in [0.2, 0.25) is 0 Å². The molecule has 2 aliphatic rings. The highest BCUT2D eigenvalue weighted by Gasteiger charge is 2.39. The minimum absolute atomic E-state index is 0.0728. The summed E-state index contributed by atoms with van der Waals surface area (Å²) in [6.45, 7) is 2.72. The van der Waals surface area contributed by atoms with Crippen molar-refractivity contribution in [1.82, 2.24) is 9.80 Å². The van der Waals surface area contributed by atoms with Gasteiger partial charge in [0.05, 0.1) is 25.3 Å². The van der Waals surface area contributed by atoms with E-state index in [4.69, 9.17) is 9.84 Å². The molecule has 1 aromatic carbocycles. The number of morpholine rings is 1. The highest BCUT2D eigenvalue weighted by Crippen LogP contribution is 2.23. The number of halogens is 1. The van der Waals surface area contributed by atoms with E-state index >= 15 is 0 Å². The summed E-state index contributed by atoms with van der Waals surface area (Å²) in [4.78, 5) is 14.8. The number of fused-ring (bicyclic) bond motifs is 2. The summed E-state index contributed by atoms with van der Waals surface area (Å²) < 4.78 is 18.5. The number of hydrogen-bond donors (Lipinski definition) is 1. The van der Waals surface area contributed by atoms with Gasteiger partial charge in [-0.05, 0) is 17.7 Å². The number of nitrogens with zero attached hydrogens (tertiary/aromatic N) is 2. The lowest BCUT2D eigenvalue weighted by Gasteiger charge is -2.49. The van der Waals surface area contributed by atoms with Crippen molar-refractivity contribution in [3.63, 3.8) is 0 Å². The van der Waals surface area contributed by atoms with Crippen LogP contribution in [0, 0.1) is 5.82 Å². The molecule has 2 fully saturated rings. The Balaban J connectivity index is 1.73. The smallest absolute Gasteiger partial charge is 0.407 e. The van der Waals surface area contributed by atoms with Gasteiger partial charge in [0.25, 0.3) is 0 Å². The first kappa shape index (κ1) is 13.3. The molecule has 2 saturated heterocycles. The standard InChI is InChI=1S/C14H17FN2O3/c15-11-3-1-10(2-4-11)5-17-12-6-16(14(18)19)7-13(17)9-20-8-12/h1-4,12-13H,5-9H2,(H,18,19)/t12-,13+. The van der Waals surface area contributed by atoms with Crippen LogP contribution in [0.5, 0.6) is 0 Å². The van der Waals surface area contributed by atoms with E-state index in [0.717, 1.165) is 5.56 Å². The topological polar surface area (TPSA) is 53.0 Å². The Morgan fingerprint density at radius 2 is 1.85 bits per heavy atom. The zero-order valence-corrected chi connectivity index (χ0v) is 11.0. The minimum Gasteiger partial charge on any atom is -0.465 e. The first-order valence-electron chi connectivity index (χ1n) is 6.69. The number of piperazine rings is 1. The van der Waals surface area contributed by atoms with Gasteiger partial charge >= 0.3 is 6.09 Å². The Morgan fingerprint density at radius 3 is 2.40 bits per heavy atom. The molecule has 2 aliphatic heterocycles. The number of carboxylic acid groups (broad SMARTS) is 1. The van der Waals surface area contributed by atoms with Crippen molar-refractivity contribution in [1.29, 1.82) is 0 Å². The minimum atomic E-state index is -0.872. The van der Waals surface area contributed by atoms with Gasteiger partial charge in [-0.15, -0.1) is 0 Å². The van der Waals surface area contributed by atoms with E-state index in [1.807, 2.05) is 0 Å². The molecule has 2 bridgehead atoms. The van der Waals surface area contributed by atoms with Crippen molar-refractivity contribution in [2.45, 2.75) is 18.6 Å². The fraction of sp³-hybridized carbons (Fsp3) is 0.500. The van der Waals surface area contributed by atoms with Crippen LogP contribution in [0.3, 0.4) is 0 Å². The van der Waals surface area contributed by atoms with Crippen LogP contribution >= 0.6 is 0 Å². The molecule has 1 amide bonds. The highest BCUT2D eigenvalue weighted by atomic mass is 19.1. The molecule has 1 N–H and O–H groups in total. The van der Waals surface area contributed by atoms with Gasteiger partial charge in [-0.3, -0.25) is 4.90 Å². The van der Waals surface area contributed by atoms with Crippen LogP contribution in [-0.2, 0) is 11.3 Å². The van der Waals surface area contributed by atoms with Crippen LogP contribution in [-0.4, -0.2) is 59.4 Å². The van der Waals surface area contributed by atoms with Crippen LogP contribution in [0.4, 0.5) is 9.18 Å². The van der Waals surface area contributed by atoms with Crippen molar-refractivity contribution in [3.8, 4) is 0 Å². The average Bonchev–Trinajstić information content (AvgIpc) is 2.40. The molecule has 20 heavy (non-hydrogen) atoms. The number of ether oxygens (including phenoxy) is 1. The van der Waals surface area contributed by atoms with Gasteiger partial charge in [0.1, 0.15) is 5.82 Å². The summed E-state index contributed by atoms with van der Waals surface area (Å²) in [5, 5.41) is 9.12. The quantitative estimate of drug-likeness (QED) is 0.889. The highest BCUT2D eigenvalue weighted by molar-refractivity contribution is 5.65. The van der Waals surface area contributed by atoms with E-state index in [-0.39, 0.29) is 17.9 Å². The maximum Gasteiger partial charge on any atom is 0.407 e. The zero-order valence-electron chi connectivity index (χ0n) is 11.0. The molecule has 2 atom stereocenters. The Hall–Kier alpha value is -1.66. The maximum atomic E-state index is 12.9. The maximum absolute atomic E-state index is 12.9. The predicted molar refractivity (Wildman–Crippen MR) is 69.9 cm³/mol. The molecule has 1 aromatic rings. The van der Waals surface area contributed by atoms with Crippen LogP contribution in [0.1, 0.15) is 5.56 Å². The van der Waals surface area contributed by atoms with Crippen LogP contribution < -0.4 is 0 Å². The lowest BCUT2D eigenvalue weighted by Crippen LogP contribution is -2.64. The second-order valence-corrected chi connectivity index (χ2v) is 5.33. The molecule has 108 valence electrons. The normalized spacial score (nSPS) is 26.6. The first-order chi connectivity index (χ1) is 9.63. The monoisotopic (exact) mass is 280 g/mol. The fourth-order valence-corrected chi connectivity index (χ4v) is 2.94. The third-order valence-electron chi connectivity index (χ3n) is 3.97. The molecule has 5 nitrogen and oxygen atoms in total. The molecule has 0 aliphatic carbocycles. The number of amides is 1. The van der Waals surface area contributed by atoms with Crippen LogP contribution in [0.15, 0.2) is 24.3 Å². The predicted octanol–water partition coefficient (Wildman–Crippen LogP) is 1.39. The Bertz CT molecular complexity index is 480. The lowest BCUT2D eigenvalue weighted by molar-refractivity contribution is -0.0951. The SMILES string of the molecule is O=C(O)N1C[C@H]2COC[C@@H](C1)N2Cc1ccc(F)cc1. The summed E-state index contributed by atoms with van der Waals surface area (Å²) in [5.41, 5.74) is 1.03. The van der Waals surface area contributed by atoms with Crippen molar-refractivity contribution < 1.29 is 19.0 Å². The van der Waals surface area contributed by atoms with Gasteiger partial charge in [0.2, 0.25) is 0 Å². The third-order valence-corrected chi connectivity index (χ3v) is 3.97. The molecule has 2 heterocycles. The van der Waals surface area contributed by atoms with Crippen LogP contribution in [0.25, 0.3) is 0 Å². The molecule has 0 aromatic heterocycles. The van der Waals surface area contributed by atoms with Gasteiger partial charge in [-0.25, -0.2) is 9.18 Å². The van der Waals surface area contributed by atoms with Crippen molar-refractivity contribution >= 4 is 6.09 Å². The van der Waals surface area contributed by atoms with Gasteiger partial charge < -0.3 is 14.7 Å². The Labute approximate surface area is 116 Å². The second kappa shape index (κ2) is 5.38. The van der Waals surface area contributed by atoms with Gasteiger partial charge in [0, 0.05) is 19.6 Å². The second-order valence-electron chi connectivity index (χ2n) is 5.33. The van der Waals surface area contributed by atoms with Gasteiger partial charge in [0.15, 0.2) is 0 Å². The first-order valence-corrected chi connectivity index (χ1v) is 6.69. The Kier molecular flexibility index (Phi) is 3.58. The largest absolute Gasteiger partial charge is 0.465 e. The van der Waals surface area contributed by atoms with E-state index < -0.39 is 6.09 Å². The third kappa shape index (κ3) is 2.62. The van der Waals surface area contributed by atoms with Crippen molar-refractivity contribution in [3.05, 3.63) is 35.6 Å². The number of hydrogen-bond acceptors (Lipinski definition) is 3. The summed E-state index contributed by atoms with van der Waals surface area (Å²) in [6.07, 6.45) is -0.872. The molecule has 0 radical (unpaired) electrons. The summed E-state index contributed by atoms with van der Waals surface area (Å²) in [7, 11) is 0. The molecular weight excluding hydrogens is 263 g/mol. The average molecular weight is 280 g/mol. The lowest BCUT2D eigenvalue weighted by atomic mass is 10.0. The molecule has 0 saturated carbocycles. The van der Waals surface area contributed by atoms with E-state index in [1.54, 1.807) is 12.1 Å². The Morgan fingerprint density at radius 1 is 1.25 bits per heavy atom. The van der Waals surface area contributed by atoms with Crippen molar-refractivity contribution in [2.24, 2.45) is 0 Å². The molecular formula is C14H17FN2O3. The molecule has 6 heteroatoms. The van der Waals surface area contributed by atoms with E-state index in [0.29, 0.717) is 32.8 Å². The summed E-state index contributed by atoms with van der Waals surface area (Å²) >= 11 is 0. The van der Waals surface area contributed by atoms with Crippen molar-refractivity contribution in [2.75, 3.05) is 26.3 Å². The van der Waals surface area contributed by atoms with Gasteiger partial charge in [-0.1, -0.05) is 12.1 Å². The van der Waals surface area contributed by atoms with Gasteiger partial charge in [-0.2, -0.15) is 0 Å². The fourth-order valence-electron chi connectivity index (χ4n) is 2.94. The van der Waals surface area contributed by atoms with E-state index in [1.165, 1.54) is 17.0 Å². The summed E-state index contributed by atoms with van der Waals surface area (Å²) in [6, 6.07) is 6.60. The molecule has 3 rings (SSSR count). The molecule has 0 unspecified atom stereocenters. The zero-order chi connectivity index (χ0) is 14.1. The molecule has 0 spiro atoms. The van der Waals surface area contributed by atoms with E-state index in [9.17, 15) is 9.18 Å². The number of benzene rings is 1. The number of carbonyl (C=O) groups is 1. The van der Waals surface area contributed by atoms with E-state index in [2.05, 4.69) is 4.90 Å². The number of rotatable bonds is 2.